The van der Waals surface area contributed by atoms with Crippen molar-refractivity contribution >= 4 is 11.9 Å². The topological polar surface area (TPSA) is 52.6 Å². The summed E-state index contributed by atoms with van der Waals surface area (Å²) in [7, 11) is 1.43. The molecule has 1 aliphatic rings. The maximum atomic E-state index is 11.9. The van der Waals surface area contributed by atoms with Gasteiger partial charge in [-0.15, -0.1) is 0 Å². The van der Waals surface area contributed by atoms with Gasteiger partial charge >= 0.3 is 11.9 Å². The highest BCUT2D eigenvalue weighted by Gasteiger charge is 2.48. The van der Waals surface area contributed by atoms with Crippen molar-refractivity contribution in [3.05, 3.63) is 0 Å². The summed E-state index contributed by atoms with van der Waals surface area (Å²) in [5.41, 5.74) is -0.208. The zero-order valence-electron chi connectivity index (χ0n) is 12.0. The third kappa shape index (κ3) is 3.03. The normalized spacial score (nSPS) is 30.6. The molecule has 1 rings (SSSR count). The van der Waals surface area contributed by atoms with Gasteiger partial charge in [-0.25, -0.2) is 0 Å². The molecular formula is C14H24O4. The van der Waals surface area contributed by atoms with Crippen LogP contribution in [0.5, 0.6) is 0 Å². The third-order valence-corrected chi connectivity index (χ3v) is 4.34. The van der Waals surface area contributed by atoms with E-state index < -0.39 is 0 Å². The minimum Gasteiger partial charge on any atom is -0.469 e. The van der Waals surface area contributed by atoms with Crippen LogP contribution in [0.15, 0.2) is 0 Å². The Hall–Kier alpha value is -1.06. The van der Waals surface area contributed by atoms with E-state index in [2.05, 4.69) is 20.8 Å². The van der Waals surface area contributed by atoms with Gasteiger partial charge in [-0.3, -0.25) is 9.59 Å². The standard InChI is InChI=1S/C14H24O4/c1-9-6-7-11(8-18-10(2)15)14(3,4)12(9)13(16)17-5/h9,11-12H,6-8H2,1-5H3. The molecule has 0 amide bonds. The van der Waals surface area contributed by atoms with Gasteiger partial charge in [0.1, 0.15) is 0 Å². The minimum absolute atomic E-state index is 0.128. The van der Waals surface area contributed by atoms with Crippen molar-refractivity contribution in [1.82, 2.24) is 0 Å². The number of ether oxygens (including phenoxy) is 2. The lowest BCUT2D eigenvalue weighted by molar-refractivity contribution is -0.160. The smallest absolute Gasteiger partial charge is 0.309 e. The third-order valence-electron chi connectivity index (χ3n) is 4.34. The first-order valence-corrected chi connectivity index (χ1v) is 6.51. The van der Waals surface area contributed by atoms with Gasteiger partial charge in [-0.2, -0.15) is 0 Å². The first-order valence-electron chi connectivity index (χ1n) is 6.51. The van der Waals surface area contributed by atoms with Crippen LogP contribution in [-0.2, 0) is 19.1 Å². The van der Waals surface area contributed by atoms with Crippen LogP contribution >= 0.6 is 0 Å². The Labute approximate surface area is 109 Å². The second kappa shape index (κ2) is 5.72. The van der Waals surface area contributed by atoms with Gasteiger partial charge in [0.15, 0.2) is 0 Å². The van der Waals surface area contributed by atoms with Crippen molar-refractivity contribution in [1.29, 1.82) is 0 Å². The molecular weight excluding hydrogens is 232 g/mol. The molecule has 104 valence electrons. The highest BCUT2D eigenvalue weighted by Crippen LogP contribution is 2.48. The summed E-state index contributed by atoms with van der Waals surface area (Å²) in [4.78, 5) is 22.9. The van der Waals surface area contributed by atoms with E-state index in [1.54, 1.807) is 0 Å². The monoisotopic (exact) mass is 256 g/mol. The molecule has 0 heterocycles. The fraction of sp³-hybridized carbons (Fsp3) is 0.857. The lowest BCUT2D eigenvalue weighted by Gasteiger charge is -2.46. The maximum Gasteiger partial charge on any atom is 0.309 e. The molecule has 4 heteroatoms. The van der Waals surface area contributed by atoms with Crippen LogP contribution in [0.25, 0.3) is 0 Å². The second-order valence-corrected chi connectivity index (χ2v) is 5.88. The van der Waals surface area contributed by atoms with Crippen molar-refractivity contribution in [2.75, 3.05) is 13.7 Å². The van der Waals surface area contributed by atoms with Crippen LogP contribution in [0.4, 0.5) is 0 Å². The van der Waals surface area contributed by atoms with Crippen LogP contribution in [0.3, 0.4) is 0 Å². The van der Waals surface area contributed by atoms with E-state index in [-0.39, 0.29) is 29.2 Å². The van der Waals surface area contributed by atoms with E-state index in [0.717, 1.165) is 12.8 Å². The number of rotatable bonds is 3. The summed E-state index contributed by atoms with van der Waals surface area (Å²) < 4.78 is 10.0. The maximum absolute atomic E-state index is 11.9. The Bertz CT molecular complexity index is 322. The molecule has 4 nitrogen and oxygen atoms in total. The molecule has 0 spiro atoms. The van der Waals surface area contributed by atoms with Crippen molar-refractivity contribution in [3.63, 3.8) is 0 Å². The first-order chi connectivity index (χ1) is 8.30. The minimum atomic E-state index is -0.265. The fourth-order valence-corrected chi connectivity index (χ4v) is 3.17. The molecule has 0 N–H and O–H groups in total. The van der Waals surface area contributed by atoms with Crippen LogP contribution in [0, 0.1) is 23.2 Å². The van der Waals surface area contributed by atoms with E-state index in [0.29, 0.717) is 12.5 Å². The molecule has 0 saturated heterocycles. The first kappa shape index (κ1) is 15.0. The van der Waals surface area contributed by atoms with Gasteiger partial charge in [0, 0.05) is 6.92 Å². The summed E-state index contributed by atoms with van der Waals surface area (Å²) in [5.74, 6) is -0.0291. The van der Waals surface area contributed by atoms with Crippen LogP contribution in [0.1, 0.15) is 40.5 Å². The number of methoxy groups -OCH3 is 1. The molecule has 18 heavy (non-hydrogen) atoms. The molecule has 0 radical (unpaired) electrons. The molecule has 1 saturated carbocycles. The summed E-state index contributed by atoms with van der Waals surface area (Å²) in [6.45, 7) is 8.03. The lowest BCUT2D eigenvalue weighted by Crippen LogP contribution is -2.47. The van der Waals surface area contributed by atoms with Gasteiger partial charge in [-0.1, -0.05) is 20.8 Å². The molecule has 0 bridgehead atoms. The Balaban J connectivity index is 2.83. The Kier molecular flexibility index (Phi) is 4.77. The SMILES string of the molecule is COC(=O)C1C(C)CCC(COC(C)=O)C1(C)C. The predicted octanol–water partition coefficient (Wildman–Crippen LogP) is 2.41. The molecule has 0 aromatic heterocycles. The van der Waals surface area contributed by atoms with Crippen LogP contribution in [0.2, 0.25) is 0 Å². The molecule has 0 aromatic rings. The van der Waals surface area contributed by atoms with Crippen molar-refractivity contribution < 1.29 is 19.1 Å². The Morgan fingerprint density at radius 3 is 2.39 bits per heavy atom. The van der Waals surface area contributed by atoms with E-state index in [4.69, 9.17) is 9.47 Å². The summed E-state index contributed by atoms with van der Waals surface area (Å²) >= 11 is 0. The molecule has 0 aromatic carbocycles. The van der Waals surface area contributed by atoms with Crippen molar-refractivity contribution in [3.8, 4) is 0 Å². The van der Waals surface area contributed by atoms with E-state index >= 15 is 0 Å². The molecule has 3 unspecified atom stereocenters. The quantitative estimate of drug-likeness (QED) is 0.728. The molecule has 3 atom stereocenters. The zero-order chi connectivity index (χ0) is 13.9. The van der Waals surface area contributed by atoms with Gasteiger partial charge < -0.3 is 9.47 Å². The fourth-order valence-electron chi connectivity index (χ4n) is 3.17. The molecule has 1 aliphatic carbocycles. The zero-order valence-corrected chi connectivity index (χ0v) is 12.0. The van der Waals surface area contributed by atoms with E-state index in [1.807, 2.05) is 0 Å². The van der Waals surface area contributed by atoms with Crippen LogP contribution in [-0.4, -0.2) is 25.7 Å². The van der Waals surface area contributed by atoms with E-state index in [1.165, 1.54) is 14.0 Å². The predicted molar refractivity (Wildman–Crippen MR) is 67.8 cm³/mol. The average Bonchev–Trinajstić information content (AvgIpc) is 2.26. The van der Waals surface area contributed by atoms with Gasteiger partial charge in [0.2, 0.25) is 0 Å². The highest BCUT2D eigenvalue weighted by atomic mass is 16.5. The van der Waals surface area contributed by atoms with E-state index in [9.17, 15) is 9.59 Å². The number of hydrogen-bond acceptors (Lipinski definition) is 4. The number of hydrogen-bond donors (Lipinski definition) is 0. The molecule has 0 aliphatic heterocycles. The summed E-state index contributed by atoms with van der Waals surface area (Å²) in [6, 6.07) is 0. The summed E-state index contributed by atoms with van der Waals surface area (Å²) in [5, 5.41) is 0. The van der Waals surface area contributed by atoms with Crippen molar-refractivity contribution in [2.24, 2.45) is 23.2 Å². The Morgan fingerprint density at radius 1 is 1.28 bits per heavy atom. The van der Waals surface area contributed by atoms with Crippen LogP contribution < -0.4 is 0 Å². The number of carbonyl (C=O) groups excluding carboxylic acids is 2. The van der Waals surface area contributed by atoms with Gasteiger partial charge in [0.25, 0.3) is 0 Å². The second-order valence-electron chi connectivity index (χ2n) is 5.88. The number of carbonyl (C=O) groups is 2. The Morgan fingerprint density at radius 2 is 1.89 bits per heavy atom. The largest absolute Gasteiger partial charge is 0.469 e. The number of esters is 2. The average molecular weight is 256 g/mol. The summed E-state index contributed by atoms with van der Waals surface area (Å²) in [6.07, 6.45) is 1.95. The molecule has 1 fully saturated rings. The lowest BCUT2D eigenvalue weighted by atomic mass is 9.59. The van der Waals surface area contributed by atoms with Crippen molar-refractivity contribution in [2.45, 2.75) is 40.5 Å². The van der Waals surface area contributed by atoms with Gasteiger partial charge in [-0.05, 0) is 30.1 Å². The van der Waals surface area contributed by atoms with Gasteiger partial charge in [0.05, 0.1) is 19.6 Å². The highest BCUT2D eigenvalue weighted by molar-refractivity contribution is 5.73.